The molecule has 1 heterocycles. The van der Waals surface area contributed by atoms with Crippen molar-refractivity contribution in [3.63, 3.8) is 0 Å². The van der Waals surface area contributed by atoms with Crippen molar-refractivity contribution in [2.75, 3.05) is 5.73 Å². The normalized spacial score (nSPS) is 10.5. The Morgan fingerprint density at radius 3 is 2.74 bits per heavy atom. The van der Waals surface area contributed by atoms with Gasteiger partial charge in [-0.3, -0.25) is 4.98 Å². The second-order valence-electron chi connectivity index (χ2n) is 4.32. The molecule has 0 radical (unpaired) electrons. The number of hydrogen-bond donors (Lipinski definition) is 1. The Morgan fingerprint density at radius 1 is 1.32 bits per heavy atom. The van der Waals surface area contributed by atoms with E-state index in [0.717, 1.165) is 16.8 Å². The van der Waals surface area contributed by atoms with E-state index in [1.807, 2.05) is 13.8 Å². The number of benzene rings is 1. The molecule has 2 N–H and O–H groups in total. The van der Waals surface area contributed by atoms with Gasteiger partial charge in [0.05, 0.1) is 5.69 Å². The lowest BCUT2D eigenvalue weighted by Crippen LogP contribution is -2.05. The molecule has 1 aromatic carbocycles. The first kappa shape index (κ1) is 13.8. The van der Waals surface area contributed by atoms with Crippen LogP contribution in [-0.2, 0) is 6.61 Å². The van der Waals surface area contributed by atoms with Crippen LogP contribution in [0.2, 0.25) is 0 Å². The van der Waals surface area contributed by atoms with Crippen molar-refractivity contribution in [3.8, 4) is 5.75 Å². The first-order chi connectivity index (χ1) is 8.97. The van der Waals surface area contributed by atoms with Gasteiger partial charge in [-0.1, -0.05) is 15.9 Å². The summed E-state index contributed by atoms with van der Waals surface area (Å²) in [5, 5.41) is 0. The van der Waals surface area contributed by atoms with Gasteiger partial charge in [0.1, 0.15) is 18.2 Å². The highest BCUT2D eigenvalue weighted by Crippen LogP contribution is 2.23. The third kappa shape index (κ3) is 3.23. The fourth-order valence-electron chi connectivity index (χ4n) is 1.70. The van der Waals surface area contributed by atoms with Gasteiger partial charge in [-0.15, -0.1) is 0 Å². The van der Waals surface area contributed by atoms with Gasteiger partial charge in [-0.25, -0.2) is 4.39 Å². The number of ether oxygens (including phenoxy) is 1. The molecule has 19 heavy (non-hydrogen) atoms. The fourth-order valence-corrected chi connectivity index (χ4v) is 2.15. The summed E-state index contributed by atoms with van der Waals surface area (Å²) in [4.78, 5) is 4.29. The summed E-state index contributed by atoms with van der Waals surface area (Å²) < 4.78 is 19.4. The van der Waals surface area contributed by atoms with Gasteiger partial charge < -0.3 is 10.5 Å². The third-order valence-electron chi connectivity index (χ3n) is 2.89. The van der Waals surface area contributed by atoms with Gasteiger partial charge in [0, 0.05) is 22.4 Å². The van der Waals surface area contributed by atoms with Crippen LogP contribution in [0.15, 0.2) is 28.9 Å². The summed E-state index contributed by atoms with van der Waals surface area (Å²) in [5.74, 6) is 0.102. The monoisotopic (exact) mass is 324 g/mol. The van der Waals surface area contributed by atoms with Crippen molar-refractivity contribution in [1.82, 2.24) is 4.98 Å². The molecule has 5 heteroatoms. The van der Waals surface area contributed by atoms with E-state index in [9.17, 15) is 4.39 Å². The number of hydrogen-bond acceptors (Lipinski definition) is 3. The summed E-state index contributed by atoms with van der Waals surface area (Å²) in [7, 11) is 0. The standard InChI is InChI=1S/C14H14BrFN2O/c1-8-6-18-13(9(2)14(8)17)7-19-12-4-10(15)3-11(16)5-12/h3-6H,7H2,1-2H3,(H2,17,18). The molecule has 0 spiro atoms. The van der Waals surface area contributed by atoms with Crippen LogP contribution in [0.25, 0.3) is 0 Å². The summed E-state index contributed by atoms with van der Waals surface area (Å²) in [5.41, 5.74) is 9.24. The highest BCUT2D eigenvalue weighted by atomic mass is 79.9. The number of nitrogens with zero attached hydrogens (tertiary/aromatic N) is 1. The minimum Gasteiger partial charge on any atom is -0.487 e. The molecule has 0 aliphatic heterocycles. The zero-order valence-corrected chi connectivity index (χ0v) is 12.3. The van der Waals surface area contributed by atoms with Crippen LogP contribution in [0.1, 0.15) is 16.8 Å². The maximum absolute atomic E-state index is 13.2. The van der Waals surface area contributed by atoms with E-state index >= 15 is 0 Å². The van der Waals surface area contributed by atoms with E-state index < -0.39 is 0 Å². The molecule has 0 fully saturated rings. The Balaban J connectivity index is 2.17. The summed E-state index contributed by atoms with van der Waals surface area (Å²) in [6, 6.07) is 4.41. The number of rotatable bonds is 3. The minimum absolute atomic E-state index is 0.256. The van der Waals surface area contributed by atoms with Crippen molar-refractivity contribution < 1.29 is 9.13 Å². The van der Waals surface area contributed by atoms with Crippen LogP contribution in [0, 0.1) is 19.7 Å². The lowest BCUT2D eigenvalue weighted by atomic mass is 10.1. The highest BCUT2D eigenvalue weighted by Gasteiger charge is 2.07. The third-order valence-corrected chi connectivity index (χ3v) is 3.35. The molecule has 2 aromatic rings. The molecular weight excluding hydrogens is 311 g/mol. The van der Waals surface area contributed by atoms with E-state index in [-0.39, 0.29) is 12.4 Å². The van der Waals surface area contributed by atoms with Gasteiger partial charge in [-0.05, 0) is 37.1 Å². The summed E-state index contributed by atoms with van der Waals surface area (Å²) in [6.45, 7) is 4.06. The second kappa shape index (κ2) is 5.57. The summed E-state index contributed by atoms with van der Waals surface area (Å²) in [6.07, 6.45) is 1.71. The van der Waals surface area contributed by atoms with Gasteiger partial charge in [0.2, 0.25) is 0 Å². The Labute approximate surface area is 119 Å². The van der Waals surface area contributed by atoms with Crippen molar-refractivity contribution in [1.29, 1.82) is 0 Å². The van der Waals surface area contributed by atoms with Gasteiger partial charge >= 0.3 is 0 Å². The number of halogens is 2. The maximum atomic E-state index is 13.2. The Bertz CT molecular complexity index is 596. The fraction of sp³-hybridized carbons (Fsp3) is 0.214. The zero-order chi connectivity index (χ0) is 14.0. The quantitative estimate of drug-likeness (QED) is 0.935. The number of aromatic nitrogens is 1. The number of anilines is 1. The molecule has 100 valence electrons. The van der Waals surface area contributed by atoms with Crippen LogP contribution in [-0.4, -0.2) is 4.98 Å². The van der Waals surface area contributed by atoms with Crippen molar-refractivity contribution in [3.05, 3.63) is 51.5 Å². The average Bonchev–Trinajstić information content (AvgIpc) is 2.34. The molecule has 0 unspecified atom stereocenters. The Hall–Kier alpha value is -1.62. The number of pyridine rings is 1. The van der Waals surface area contributed by atoms with Crippen LogP contribution < -0.4 is 10.5 Å². The van der Waals surface area contributed by atoms with Crippen molar-refractivity contribution >= 4 is 21.6 Å². The maximum Gasteiger partial charge on any atom is 0.131 e. The first-order valence-electron chi connectivity index (χ1n) is 5.77. The predicted molar refractivity (Wildman–Crippen MR) is 76.6 cm³/mol. The lowest BCUT2D eigenvalue weighted by Gasteiger charge is -2.11. The average molecular weight is 325 g/mol. The topological polar surface area (TPSA) is 48.1 Å². The molecule has 1 aromatic heterocycles. The van der Waals surface area contributed by atoms with Crippen LogP contribution in [0.5, 0.6) is 5.75 Å². The lowest BCUT2D eigenvalue weighted by molar-refractivity contribution is 0.298. The zero-order valence-electron chi connectivity index (χ0n) is 10.7. The molecule has 2 rings (SSSR count). The van der Waals surface area contributed by atoms with Crippen LogP contribution in [0.3, 0.4) is 0 Å². The van der Waals surface area contributed by atoms with E-state index in [0.29, 0.717) is 15.9 Å². The van der Waals surface area contributed by atoms with Crippen LogP contribution >= 0.6 is 15.9 Å². The van der Waals surface area contributed by atoms with Crippen LogP contribution in [0.4, 0.5) is 10.1 Å². The van der Waals surface area contributed by atoms with Gasteiger partial charge in [0.15, 0.2) is 0 Å². The second-order valence-corrected chi connectivity index (χ2v) is 5.24. The van der Waals surface area contributed by atoms with Crippen molar-refractivity contribution in [2.45, 2.75) is 20.5 Å². The molecule has 0 amide bonds. The smallest absolute Gasteiger partial charge is 0.131 e. The van der Waals surface area contributed by atoms with E-state index in [4.69, 9.17) is 10.5 Å². The van der Waals surface area contributed by atoms with Gasteiger partial charge in [-0.2, -0.15) is 0 Å². The van der Waals surface area contributed by atoms with Gasteiger partial charge in [0.25, 0.3) is 0 Å². The molecule has 3 nitrogen and oxygen atoms in total. The van der Waals surface area contributed by atoms with E-state index in [1.54, 1.807) is 12.3 Å². The predicted octanol–water partition coefficient (Wildman–Crippen LogP) is 3.76. The highest BCUT2D eigenvalue weighted by molar-refractivity contribution is 9.10. The first-order valence-corrected chi connectivity index (χ1v) is 6.56. The van der Waals surface area contributed by atoms with Crippen molar-refractivity contribution in [2.24, 2.45) is 0 Å². The summed E-state index contributed by atoms with van der Waals surface area (Å²) >= 11 is 3.22. The minimum atomic E-state index is -0.350. The Morgan fingerprint density at radius 2 is 2.05 bits per heavy atom. The molecule has 0 atom stereocenters. The largest absolute Gasteiger partial charge is 0.487 e. The number of nitrogen functional groups attached to an aromatic ring is 1. The Kier molecular flexibility index (Phi) is 4.04. The molecule has 0 aliphatic rings. The SMILES string of the molecule is Cc1cnc(COc2cc(F)cc(Br)c2)c(C)c1N. The van der Waals surface area contributed by atoms with E-state index in [2.05, 4.69) is 20.9 Å². The number of aryl methyl sites for hydroxylation is 1. The number of nitrogens with two attached hydrogens (primary N) is 1. The van der Waals surface area contributed by atoms with E-state index in [1.165, 1.54) is 12.1 Å². The molecule has 0 saturated carbocycles. The molecule has 0 saturated heterocycles. The molecule has 0 aliphatic carbocycles. The molecular formula is C14H14BrFN2O. The molecule has 0 bridgehead atoms.